The van der Waals surface area contributed by atoms with Crippen molar-refractivity contribution in [3.63, 3.8) is 0 Å². The van der Waals surface area contributed by atoms with E-state index in [0.717, 1.165) is 36.5 Å². The average molecular weight is 396 g/mol. The van der Waals surface area contributed by atoms with Crippen LogP contribution in [-0.4, -0.2) is 0 Å². The Balaban J connectivity index is 1.38. The van der Waals surface area contributed by atoms with Gasteiger partial charge in [-0.2, -0.15) is 9.65 Å². The fourth-order valence-corrected chi connectivity index (χ4v) is 5.70. The van der Waals surface area contributed by atoms with Gasteiger partial charge >= 0.3 is 0 Å². The molecule has 2 aliphatic rings. The minimum atomic E-state index is -0.619. The van der Waals surface area contributed by atoms with Gasteiger partial charge in [0.1, 0.15) is 6.07 Å². The molecule has 2 aliphatic carbocycles. The zero-order chi connectivity index (χ0) is 20.5. The summed E-state index contributed by atoms with van der Waals surface area (Å²) in [5, 5.41) is 8.49. The van der Waals surface area contributed by atoms with E-state index in [2.05, 4.69) is 31.2 Å². The third-order valence-electron chi connectivity index (χ3n) is 7.61. The number of aryl methyl sites for hydroxylation is 1. The van der Waals surface area contributed by atoms with Gasteiger partial charge in [-0.1, -0.05) is 50.5 Å². The van der Waals surface area contributed by atoms with Crippen molar-refractivity contribution in [2.75, 3.05) is 0 Å². The zero-order valence-corrected chi connectivity index (χ0v) is 18.2. The Morgan fingerprint density at radius 3 is 2.21 bits per heavy atom. The number of rotatable bonds is 8. The number of allylic oxidation sites excluding steroid dienone is 2. The van der Waals surface area contributed by atoms with E-state index >= 15 is 0 Å². The summed E-state index contributed by atoms with van der Waals surface area (Å²) in [6, 6.07) is 11.1. The van der Waals surface area contributed by atoms with Crippen LogP contribution in [0.1, 0.15) is 101 Å². The molecule has 0 N–H and O–H groups in total. The summed E-state index contributed by atoms with van der Waals surface area (Å²) in [5.41, 5.74) is 3.05. The van der Waals surface area contributed by atoms with Gasteiger partial charge in [0.05, 0.1) is 0 Å². The first-order valence-corrected chi connectivity index (χ1v) is 12.0. The van der Waals surface area contributed by atoms with E-state index in [-0.39, 0.29) is 0 Å². The molecule has 1 aromatic carbocycles. The van der Waals surface area contributed by atoms with Gasteiger partial charge in [-0.05, 0) is 105 Å². The molecule has 2 fully saturated rings. The lowest BCUT2D eigenvalue weighted by Gasteiger charge is -2.38. The number of halogens is 1. The second-order valence-corrected chi connectivity index (χ2v) is 9.48. The molecule has 1 aromatic rings. The molecule has 0 radical (unpaired) electrons. The standard InChI is InChI=1S/C27H38FN/c1-2-3-5-21-8-12-23(13-9-21)25-16-18-26(19-17-25)24-14-10-22(11-15-24)6-4-7-27(28)20-29/h7-9,12-13,22,24-26H,2-6,10-11,14-19H2,1H3/b27-7-/t22?,24?,25-,26-. The summed E-state index contributed by atoms with van der Waals surface area (Å²) in [6.07, 6.45) is 17.8. The largest absolute Gasteiger partial charge is 0.196 e. The summed E-state index contributed by atoms with van der Waals surface area (Å²) in [7, 11) is 0. The van der Waals surface area contributed by atoms with E-state index < -0.39 is 5.83 Å². The molecule has 0 heterocycles. The molecule has 2 saturated carbocycles. The molecule has 3 rings (SSSR count). The van der Waals surface area contributed by atoms with Crippen LogP contribution in [0, 0.1) is 29.1 Å². The minimum Gasteiger partial charge on any atom is -0.195 e. The van der Waals surface area contributed by atoms with E-state index in [1.54, 1.807) is 11.6 Å². The lowest BCUT2D eigenvalue weighted by molar-refractivity contribution is 0.157. The van der Waals surface area contributed by atoms with Crippen molar-refractivity contribution in [1.82, 2.24) is 0 Å². The maximum Gasteiger partial charge on any atom is 0.196 e. The smallest absolute Gasteiger partial charge is 0.195 e. The van der Waals surface area contributed by atoms with Crippen molar-refractivity contribution >= 4 is 0 Å². The molecule has 0 amide bonds. The van der Waals surface area contributed by atoms with E-state index in [4.69, 9.17) is 5.26 Å². The van der Waals surface area contributed by atoms with Crippen molar-refractivity contribution in [2.45, 2.75) is 96.3 Å². The highest BCUT2D eigenvalue weighted by molar-refractivity contribution is 5.26. The third-order valence-corrected chi connectivity index (χ3v) is 7.61. The number of nitrogens with zero attached hydrogens (tertiary/aromatic N) is 1. The summed E-state index contributed by atoms with van der Waals surface area (Å²) in [5.74, 6) is 2.72. The van der Waals surface area contributed by atoms with Crippen LogP contribution in [0.2, 0.25) is 0 Å². The fourth-order valence-electron chi connectivity index (χ4n) is 5.70. The number of hydrogen-bond acceptors (Lipinski definition) is 1. The second-order valence-electron chi connectivity index (χ2n) is 9.48. The van der Waals surface area contributed by atoms with Gasteiger partial charge in [0.15, 0.2) is 5.83 Å². The van der Waals surface area contributed by atoms with Crippen LogP contribution in [0.4, 0.5) is 4.39 Å². The van der Waals surface area contributed by atoms with Crippen molar-refractivity contribution in [2.24, 2.45) is 17.8 Å². The van der Waals surface area contributed by atoms with E-state index in [1.165, 1.54) is 82.3 Å². The molecule has 0 bridgehead atoms. The monoisotopic (exact) mass is 395 g/mol. The number of hydrogen-bond donors (Lipinski definition) is 0. The Morgan fingerprint density at radius 1 is 1.00 bits per heavy atom. The second kappa shape index (κ2) is 11.5. The first kappa shape index (κ1) is 22.1. The molecule has 0 unspecified atom stereocenters. The Morgan fingerprint density at radius 2 is 1.62 bits per heavy atom. The Hall–Kier alpha value is -1.62. The van der Waals surface area contributed by atoms with Gasteiger partial charge in [0.2, 0.25) is 0 Å². The van der Waals surface area contributed by atoms with Gasteiger partial charge in [-0.3, -0.25) is 0 Å². The van der Waals surface area contributed by atoms with Crippen LogP contribution < -0.4 is 0 Å². The number of unbranched alkanes of at least 4 members (excludes halogenated alkanes) is 1. The Kier molecular flexibility index (Phi) is 8.78. The topological polar surface area (TPSA) is 23.8 Å². The van der Waals surface area contributed by atoms with E-state index in [0.29, 0.717) is 0 Å². The van der Waals surface area contributed by atoms with Crippen LogP contribution in [0.5, 0.6) is 0 Å². The summed E-state index contributed by atoms with van der Waals surface area (Å²) < 4.78 is 12.9. The van der Waals surface area contributed by atoms with Gasteiger partial charge in [-0.25, -0.2) is 0 Å². The lowest BCUT2D eigenvalue weighted by Crippen LogP contribution is -2.25. The molecule has 29 heavy (non-hydrogen) atoms. The highest BCUT2D eigenvalue weighted by Crippen LogP contribution is 2.44. The third kappa shape index (κ3) is 6.70. The molecular weight excluding hydrogens is 357 g/mol. The molecule has 2 heteroatoms. The van der Waals surface area contributed by atoms with Crippen molar-refractivity contribution in [3.8, 4) is 6.07 Å². The molecule has 0 spiro atoms. The molecule has 0 aromatic heterocycles. The van der Waals surface area contributed by atoms with Crippen LogP contribution in [0.25, 0.3) is 0 Å². The summed E-state index contributed by atoms with van der Waals surface area (Å²) >= 11 is 0. The van der Waals surface area contributed by atoms with Gasteiger partial charge in [-0.15, -0.1) is 0 Å². The van der Waals surface area contributed by atoms with Crippen LogP contribution in [-0.2, 0) is 6.42 Å². The van der Waals surface area contributed by atoms with Crippen LogP contribution in [0.3, 0.4) is 0 Å². The number of nitriles is 1. The highest BCUT2D eigenvalue weighted by atomic mass is 19.1. The lowest BCUT2D eigenvalue weighted by atomic mass is 9.68. The van der Waals surface area contributed by atoms with Crippen LogP contribution >= 0.6 is 0 Å². The zero-order valence-electron chi connectivity index (χ0n) is 18.2. The van der Waals surface area contributed by atoms with E-state index in [9.17, 15) is 4.39 Å². The Bertz CT molecular complexity index is 667. The average Bonchev–Trinajstić information content (AvgIpc) is 2.78. The minimum absolute atomic E-state index is 0.619. The maximum atomic E-state index is 12.9. The van der Waals surface area contributed by atoms with Crippen molar-refractivity contribution in [3.05, 3.63) is 47.3 Å². The van der Waals surface area contributed by atoms with Gasteiger partial charge in [0, 0.05) is 0 Å². The SMILES string of the molecule is CCCCc1ccc([C@H]2CC[C@H](C3CCC(CC/C=C(\F)C#N)CC3)CC2)cc1. The quantitative estimate of drug-likeness (QED) is 0.406. The first-order chi connectivity index (χ1) is 14.2. The molecule has 158 valence electrons. The van der Waals surface area contributed by atoms with Crippen LogP contribution in [0.15, 0.2) is 36.2 Å². The van der Waals surface area contributed by atoms with Crippen molar-refractivity contribution in [1.29, 1.82) is 5.26 Å². The normalized spacial score (nSPS) is 28.1. The molecule has 1 nitrogen and oxygen atoms in total. The van der Waals surface area contributed by atoms with Crippen molar-refractivity contribution < 1.29 is 4.39 Å². The number of benzene rings is 1. The molecular formula is C27H38FN. The summed E-state index contributed by atoms with van der Waals surface area (Å²) in [4.78, 5) is 0. The first-order valence-electron chi connectivity index (χ1n) is 12.0. The summed E-state index contributed by atoms with van der Waals surface area (Å²) in [6.45, 7) is 2.26. The predicted molar refractivity (Wildman–Crippen MR) is 119 cm³/mol. The fraction of sp³-hybridized carbons (Fsp3) is 0.667. The molecule has 0 aliphatic heterocycles. The Labute approximate surface area is 177 Å². The molecule has 0 saturated heterocycles. The maximum absolute atomic E-state index is 12.9. The van der Waals surface area contributed by atoms with E-state index in [1.807, 2.05) is 0 Å². The molecule has 0 atom stereocenters. The van der Waals surface area contributed by atoms with Gasteiger partial charge < -0.3 is 0 Å². The highest BCUT2D eigenvalue weighted by Gasteiger charge is 2.31. The predicted octanol–water partition coefficient (Wildman–Crippen LogP) is 8.27. The van der Waals surface area contributed by atoms with Gasteiger partial charge in [0.25, 0.3) is 0 Å².